The van der Waals surface area contributed by atoms with E-state index in [0.717, 1.165) is 45.1 Å². The molecular weight excluding hydrogens is 383 g/mol. The minimum Gasteiger partial charge on any atom is -0.469 e. The standard InChI is InChI=1S/C21H32N2O2.2ClH/c1-25-21(24)7-4-17-10-14-23(15-11-17)16-18-2-5-19(6-3-18)20-8-12-22-13-9-20;;/h2-3,5-6,17,20,22H,4,7-16H2,1H3;2*1H. The third-order valence-corrected chi connectivity index (χ3v) is 5.89. The number of rotatable bonds is 6. The zero-order valence-electron chi connectivity index (χ0n) is 16.3. The minimum atomic E-state index is -0.0729. The van der Waals surface area contributed by atoms with Crippen molar-refractivity contribution in [1.82, 2.24) is 10.2 Å². The van der Waals surface area contributed by atoms with Crippen molar-refractivity contribution in [3.05, 3.63) is 35.4 Å². The Morgan fingerprint density at radius 2 is 1.70 bits per heavy atom. The maximum Gasteiger partial charge on any atom is 0.305 e. The number of nitrogens with zero attached hydrogens (tertiary/aromatic N) is 1. The molecule has 0 amide bonds. The van der Waals surface area contributed by atoms with Crippen molar-refractivity contribution in [1.29, 1.82) is 0 Å². The van der Waals surface area contributed by atoms with E-state index in [9.17, 15) is 4.79 Å². The van der Waals surface area contributed by atoms with Gasteiger partial charge in [0.1, 0.15) is 0 Å². The van der Waals surface area contributed by atoms with Crippen LogP contribution in [0.5, 0.6) is 0 Å². The monoisotopic (exact) mass is 416 g/mol. The van der Waals surface area contributed by atoms with Crippen molar-refractivity contribution >= 4 is 30.8 Å². The molecule has 2 fully saturated rings. The number of carbonyl (C=O) groups is 1. The van der Waals surface area contributed by atoms with Crippen LogP contribution in [-0.2, 0) is 16.1 Å². The SMILES string of the molecule is COC(=O)CCC1CCN(Cc2ccc(C3CCNCC3)cc2)CC1.Cl.Cl. The molecule has 0 unspecified atom stereocenters. The third kappa shape index (κ3) is 7.61. The van der Waals surface area contributed by atoms with Crippen molar-refractivity contribution < 1.29 is 9.53 Å². The summed E-state index contributed by atoms with van der Waals surface area (Å²) in [6.07, 6.45) is 6.47. The Kier molecular flexibility index (Phi) is 11.3. The third-order valence-electron chi connectivity index (χ3n) is 5.89. The van der Waals surface area contributed by atoms with Gasteiger partial charge >= 0.3 is 5.97 Å². The molecule has 1 N–H and O–H groups in total. The molecular formula is C21H34Cl2N2O2. The minimum absolute atomic E-state index is 0. The predicted molar refractivity (Wildman–Crippen MR) is 115 cm³/mol. The number of carbonyl (C=O) groups excluding carboxylic acids is 1. The molecule has 0 radical (unpaired) electrons. The van der Waals surface area contributed by atoms with Crippen LogP contribution in [0.4, 0.5) is 0 Å². The lowest BCUT2D eigenvalue weighted by Gasteiger charge is -2.32. The van der Waals surface area contributed by atoms with E-state index in [4.69, 9.17) is 4.74 Å². The van der Waals surface area contributed by atoms with Gasteiger partial charge in [0.05, 0.1) is 7.11 Å². The fourth-order valence-electron chi connectivity index (χ4n) is 4.17. The molecule has 2 aliphatic rings. The maximum atomic E-state index is 11.3. The second kappa shape index (κ2) is 12.6. The van der Waals surface area contributed by atoms with Crippen LogP contribution in [0.1, 0.15) is 55.6 Å². The molecule has 0 atom stereocenters. The first kappa shape index (κ1) is 24.2. The lowest BCUT2D eigenvalue weighted by Crippen LogP contribution is -2.33. The van der Waals surface area contributed by atoms with Gasteiger partial charge in [-0.05, 0) is 81.2 Å². The molecule has 0 bridgehead atoms. The van der Waals surface area contributed by atoms with Gasteiger partial charge in [-0.3, -0.25) is 9.69 Å². The summed E-state index contributed by atoms with van der Waals surface area (Å²) >= 11 is 0. The number of likely N-dealkylation sites (tertiary alicyclic amines) is 1. The first-order valence-corrected chi connectivity index (χ1v) is 9.83. The van der Waals surface area contributed by atoms with E-state index in [1.54, 1.807) is 0 Å². The molecule has 1 aromatic rings. The summed E-state index contributed by atoms with van der Waals surface area (Å²) in [5.41, 5.74) is 2.93. The summed E-state index contributed by atoms with van der Waals surface area (Å²) in [4.78, 5) is 13.8. The summed E-state index contributed by atoms with van der Waals surface area (Å²) in [5, 5.41) is 3.44. The Morgan fingerprint density at radius 3 is 2.30 bits per heavy atom. The lowest BCUT2D eigenvalue weighted by atomic mass is 9.89. The molecule has 2 aliphatic heterocycles. The Labute approximate surface area is 176 Å². The number of esters is 1. The average Bonchev–Trinajstić information content (AvgIpc) is 2.68. The zero-order valence-corrected chi connectivity index (χ0v) is 18.0. The van der Waals surface area contributed by atoms with Gasteiger partial charge in [0.15, 0.2) is 0 Å². The van der Waals surface area contributed by atoms with E-state index >= 15 is 0 Å². The van der Waals surface area contributed by atoms with Crippen LogP contribution in [0.3, 0.4) is 0 Å². The van der Waals surface area contributed by atoms with E-state index in [0.29, 0.717) is 12.3 Å². The number of benzene rings is 1. The van der Waals surface area contributed by atoms with Crippen LogP contribution in [0.15, 0.2) is 24.3 Å². The highest BCUT2D eigenvalue weighted by Crippen LogP contribution is 2.26. The van der Waals surface area contributed by atoms with Crippen LogP contribution in [0, 0.1) is 5.92 Å². The second-order valence-electron chi connectivity index (χ2n) is 7.60. The van der Waals surface area contributed by atoms with E-state index in [1.165, 1.54) is 43.9 Å². The summed E-state index contributed by atoms with van der Waals surface area (Å²) in [6, 6.07) is 9.32. The average molecular weight is 417 g/mol. The van der Waals surface area contributed by atoms with Gasteiger partial charge in [0.2, 0.25) is 0 Å². The van der Waals surface area contributed by atoms with Crippen molar-refractivity contribution in [3.63, 3.8) is 0 Å². The molecule has 2 heterocycles. The van der Waals surface area contributed by atoms with E-state index in [2.05, 4.69) is 34.5 Å². The lowest BCUT2D eigenvalue weighted by molar-refractivity contribution is -0.141. The number of hydrogen-bond acceptors (Lipinski definition) is 4. The molecule has 2 saturated heterocycles. The molecule has 0 spiro atoms. The number of methoxy groups -OCH3 is 1. The number of piperidine rings is 2. The summed E-state index contributed by atoms with van der Waals surface area (Å²) in [5.74, 6) is 1.34. The van der Waals surface area contributed by atoms with Gasteiger partial charge in [-0.1, -0.05) is 24.3 Å². The number of halogens is 2. The Morgan fingerprint density at radius 1 is 1.07 bits per heavy atom. The van der Waals surface area contributed by atoms with E-state index in [1.807, 2.05) is 0 Å². The Balaban J connectivity index is 0.00000182. The van der Waals surface area contributed by atoms with E-state index in [-0.39, 0.29) is 30.8 Å². The quantitative estimate of drug-likeness (QED) is 0.706. The fraction of sp³-hybridized carbons (Fsp3) is 0.667. The molecule has 4 nitrogen and oxygen atoms in total. The topological polar surface area (TPSA) is 41.6 Å². The van der Waals surface area contributed by atoms with Crippen LogP contribution in [-0.4, -0.2) is 44.2 Å². The van der Waals surface area contributed by atoms with Crippen molar-refractivity contribution in [2.45, 2.75) is 51.0 Å². The van der Waals surface area contributed by atoms with E-state index < -0.39 is 0 Å². The van der Waals surface area contributed by atoms with Gasteiger partial charge < -0.3 is 10.1 Å². The van der Waals surface area contributed by atoms with Gasteiger partial charge in [0, 0.05) is 13.0 Å². The number of hydrogen-bond donors (Lipinski definition) is 1. The summed E-state index contributed by atoms with van der Waals surface area (Å²) in [6.45, 7) is 5.63. The highest BCUT2D eigenvalue weighted by atomic mass is 35.5. The smallest absolute Gasteiger partial charge is 0.305 e. The highest BCUT2D eigenvalue weighted by molar-refractivity contribution is 5.85. The Bertz CT molecular complexity index is 540. The van der Waals surface area contributed by atoms with Gasteiger partial charge in [-0.2, -0.15) is 0 Å². The van der Waals surface area contributed by atoms with Crippen LogP contribution >= 0.6 is 24.8 Å². The molecule has 27 heavy (non-hydrogen) atoms. The van der Waals surface area contributed by atoms with Crippen molar-refractivity contribution in [2.24, 2.45) is 5.92 Å². The molecule has 0 saturated carbocycles. The largest absolute Gasteiger partial charge is 0.469 e. The van der Waals surface area contributed by atoms with Gasteiger partial charge in [-0.15, -0.1) is 24.8 Å². The van der Waals surface area contributed by atoms with Gasteiger partial charge in [0.25, 0.3) is 0 Å². The molecule has 3 rings (SSSR count). The zero-order chi connectivity index (χ0) is 17.5. The highest BCUT2D eigenvalue weighted by Gasteiger charge is 2.20. The fourth-order valence-corrected chi connectivity index (χ4v) is 4.17. The maximum absolute atomic E-state index is 11.3. The Hall–Kier alpha value is -0.810. The van der Waals surface area contributed by atoms with Crippen molar-refractivity contribution in [2.75, 3.05) is 33.3 Å². The normalized spacial score (nSPS) is 19.0. The summed E-state index contributed by atoms with van der Waals surface area (Å²) < 4.78 is 4.74. The molecule has 0 aliphatic carbocycles. The molecule has 0 aromatic heterocycles. The first-order chi connectivity index (χ1) is 12.2. The van der Waals surface area contributed by atoms with Crippen molar-refractivity contribution in [3.8, 4) is 0 Å². The number of nitrogens with one attached hydrogen (secondary N) is 1. The first-order valence-electron chi connectivity index (χ1n) is 9.83. The number of ether oxygens (including phenoxy) is 1. The molecule has 6 heteroatoms. The van der Waals surface area contributed by atoms with Crippen LogP contribution in [0.25, 0.3) is 0 Å². The molecule has 1 aromatic carbocycles. The predicted octanol–water partition coefficient (Wildman–Crippen LogP) is 4.16. The van der Waals surface area contributed by atoms with Crippen LogP contribution in [0.2, 0.25) is 0 Å². The second-order valence-corrected chi connectivity index (χ2v) is 7.60. The van der Waals surface area contributed by atoms with Gasteiger partial charge in [-0.25, -0.2) is 0 Å². The van der Waals surface area contributed by atoms with Crippen LogP contribution < -0.4 is 5.32 Å². The molecule has 154 valence electrons. The summed E-state index contributed by atoms with van der Waals surface area (Å²) in [7, 11) is 1.47.